The van der Waals surface area contributed by atoms with Gasteiger partial charge < -0.3 is 25.2 Å². The zero-order valence-electron chi connectivity index (χ0n) is 21.2. The zero-order chi connectivity index (χ0) is 27.2. The number of nitrogens with one attached hydrogen (secondary N) is 2. The largest absolute Gasteiger partial charge is 0.493 e. The van der Waals surface area contributed by atoms with Gasteiger partial charge in [-0.15, -0.1) is 0 Å². The van der Waals surface area contributed by atoms with E-state index in [0.29, 0.717) is 23.6 Å². The van der Waals surface area contributed by atoms with Crippen LogP contribution in [0.4, 0.5) is 5.69 Å². The molecule has 1 aliphatic rings. The summed E-state index contributed by atoms with van der Waals surface area (Å²) < 4.78 is 12.6. The highest BCUT2D eigenvalue weighted by atomic mass is 16.5. The van der Waals surface area contributed by atoms with Crippen LogP contribution in [0.2, 0.25) is 0 Å². The van der Waals surface area contributed by atoms with Crippen molar-refractivity contribution < 1.29 is 29.0 Å². The second-order valence-electron chi connectivity index (χ2n) is 8.59. The molecular weight excluding hydrogens is 488 g/mol. The molecule has 3 aromatic rings. The van der Waals surface area contributed by atoms with E-state index in [1.807, 2.05) is 30.4 Å². The molecule has 0 unspecified atom stereocenters. The number of benzene rings is 2. The van der Waals surface area contributed by atoms with E-state index in [2.05, 4.69) is 21.8 Å². The van der Waals surface area contributed by atoms with Crippen LogP contribution in [-0.2, 0) is 11.2 Å². The predicted octanol–water partition coefficient (Wildman–Crippen LogP) is 3.75. The van der Waals surface area contributed by atoms with Crippen LogP contribution in [-0.4, -0.2) is 52.9 Å². The molecule has 3 N–H and O–H groups in total. The highest BCUT2D eigenvalue weighted by Gasteiger charge is 2.20. The minimum Gasteiger partial charge on any atom is -0.493 e. The maximum atomic E-state index is 13.1. The summed E-state index contributed by atoms with van der Waals surface area (Å²) in [5.41, 5.74) is 3.48. The number of nitrogens with zero attached hydrogens (tertiary/aromatic N) is 2. The summed E-state index contributed by atoms with van der Waals surface area (Å²) in [5.74, 6) is -0.858. The lowest BCUT2D eigenvalue weighted by molar-refractivity contribution is -0.138. The van der Waals surface area contributed by atoms with Crippen molar-refractivity contribution in [3.63, 3.8) is 0 Å². The van der Waals surface area contributed by atoms with Gasteiger partial charge in [-0.3, -0.25) is 14.4 Å². The first-order valence-electron chi connectivity index (χ1n) is 11.9. The fourth-order valence-electron chi connectivity index (χ4n) is 3.93. The second-order valence-corrected chi connectivity index (χ2v) is 8.59. The molecule has 0 spiro atoms. The van der Waals surface area contributed by atoms with Gasteiger partial charge in [0.2, 0.25) is 0 Å². The lowest BCUT2D eigenvalue weighted by Gasteiger charge is -2.15. The van der Waals surface area contributed by atoms with Crippen molar-refractivity contribution in [3.05, 3.63) is 89.3 Å². The third kappa shape index (κ3) is 5.75. The van der Waals surface area contributed by atoms with Gasteiger partial charge in [0.1, 0.15) is 6.04 Å². The molecule has 38 heavy (non-hydrogen) atoms. The number of methoxy groups -OCH3 is 2. The Hall–Kier alpha value is -4.86. The average molecular weight is 517 g/mol. The van der Waals surface area contributed by atoms with Crippen LogP contribution in [0.3, 0.4) is 0 Å². The van der Waals surface area contributed by atoms with E-state index in [-0.39, 0.29) is 11.3 Å². The summed E-state index contributed by atoms with van der Waals surface area (Å²) >= 11 is 0. The summed E-state index contributed by atoms with van der Waals surface area (Å²) in [4.78, 5) is 36.2. The van der Waals surface area contributed by atoms with E-state index in [0.717, 1.165) is 23.4 Å². The first kappa shape index (κ1) is 26.2. The minimum absolute atomic E-state index is 0.241. The number of carboxylic acids is 1. The number of ether oxygens (including phenoxy) is 2. The fourth-order valence-corrected chi connectivity index (χ4v) is 3.93. The Morgan fingerprint density at radius 1 is 1.00 bits per heavy atom. The minimum atomic E-state index is -1.13. The van der Waals surface area contributed by atoms with E-state index < -0.39 is 23.8 Å². The van der Waals surface area contributed by atoms with E-state index >= 15 is 0 Å². The number of anilines is 1. The van der Waals surface area contributed by atoms with Gasteiger partial charge in [-0.2, -0.15) is 5.10 Å². The quantitative estimate of drug-likeness (QED) is 0.415. The van der Waals surface area contributed by atoms with Gasteiger partial charge in [0.25, 0.3) is 11.8 Å². The number of fused-ring (bicyclic) bond motifs is 1. The number of aryl methyl sites for hydroxylation is 1. The van der Waals surface area contributed by atoms with Crippen LogP contribution in [0, 0.1) is 0 Å². The molecule has 0 bridgehead atoms. The van der Waals surface area contributed by atoms with Crippen LogP contribution in [0.1, 0.15) is 45.4 Å². The first-order valence-corrected chi connectivity index (χ1v) is 11.9. The van der Waals surface area contributed by atoms with Gasteiger partial charge in [-0.25, -0.2) is 4.68 Å². The Bertz CT molecular complexity index is 1420. The van der Waals surface area contributed by atoms with Gasteiger partial charge in [0, 0.05) is 22.5 Å². The van der Waals surface area contributed by atoms with Crippen LogP contribution in [0.15, 0.2) is 66.8 Å². The highest BCUT2D eigenvalue weighted by molar-refractivity contribution is 6.03. The average Bonchev–Trinajstić information content (AvgIpc) is 3.32. The number of aliphatic carboxylic acids is 1. The Balaban J connectivity index is 1.55. The normalized spacial score (nSPS) is 15.5. The van der Waals surface area contributed by atoms with E-state index in [4.69, 9.17) is 14.6 Å². The smallest absolute Gasteiger partial charge is 0.325 e. The number of carbonyl (C=O) groups excluding carboxylic acids is 2. The number of amides is 2. The molecule has 1 aliphatic heterocycles. The van der Waals surface area contributed by atoms with E-state index in [1.54, 1.807) is 37.1 Å². The molecule has 0 saturated carbocycles. The van der Waals surface area contributed by atoms with Crippen LogP contribution in [0.5, 0.6) is 11.5 Å². The van der Waals surface area contributed by atoms with Crippen LogP contribution in [0.25, 0.3) is 5.70 Å². The number of hydrogen-bond donors (Lipinski definition) is 3. The maximum absolute atomic E-state index is 13.1. The maximum Gasteiger partial charge on any atom is 0.325 e. The SMILES string of the molecule is COc1ccc(/C2=C/C=C\CCc3cc(C(=O)Nc4ccc(C(=O)N[C@@H](C)C(=O)O)cc4)nn32)cc1OC. The van der Waals surface area contributed by atoms with Gasteiger partial charge in [-0.1, -0.05) is 12.2 Å². The van der Waals surface area contributed by atoms with Crippen molar-refractivity contribution in [2.45, 2.75) is 25.8 Å². The third-order valence-corrected chi connectivity index (χ3v) is 6.00. The molecule has 2 aromatic carbocycles. The number of carboxylic acid groups (broad SMARTS) is 1. The molecule has 10 nitrogen and oxygen atoms in total. The Morgan fingerprint density at radius 3 is 2.42 bits per heavy atom. The van der Waals surface area contributed by atoms with Crippen LogP contribution < -0.4 is 20.1 Å². The van der Waals surface area contributed by atoms with Crippen molar-refractivity contribution in [2.75, 3.05) is 19.5 Å². The van der Waals surface area contributed by atoms with Gasteiger partial charge in [-0.05, 0) is 74.4 Å². The van der Waals surface area contributed by atoms with E-state index in [1.165, 1.54) is 19.1 Å². The monoisotopic (exact) mass is 516 g/mol. The Morgan fingerprint density at radius 2 is 1.74 bits per heavy atom. The van der Waals surface area contributed by atoms with Crippen molar-refractivity contribution in [2.24, 2.45) is 0 Å². The van der Waals surface area contributed by atoms with Gasteiger partial charge in [0.05, 0.1) is 19.9 Å². The molecule has 2 heterocycles. The Labute approximate surface area is 219 Å². The lowest BCUT2D eigenvalue weighted by atomic mass is 10.1. The lowest BCUT2D eigenvalue weighted by Crippen LogP contribution is -2.38. The molecule has 196 valence electrons. The second kappa shape index (κ2) is 11.5. The summed E-state index contributed by atoms with van der Waals surface area (Å²) in [5, 5.41) is 18.8. The van der Waals surface area contributed by atoms with Gasteiger partial charge in [0.15, 0.2) is 17.2 Å². The topological polar surface area (TPSA) is 132 Å². The number of carbonyl (C=O) groups is 3. The Kier molecular flexibility index (Phi) is 7.91. The number of aromatic nitrogens is 2. The van der Waals surface area contributed by atoms with E-state index in [9.17, 15) is 14.4 Å². The fraction of sp³-hybridized carbons (Fsp3) is 0.214. The number of hydrogen-bond acceptors (Lipinski definition) is 6. The molecular formula is C28H28N4O6. The molecule has 0 fully saturated rings. The molecule has 0 aliphatic carbocycles. The number of allylic oxidation sites excluding steroid dienone is 3. The highest BCUT2D eigenvalue weighted by Crippen LogP contribution is 2.32. The molecule has 0 radical (unpaired) electrons. The summed E-state index contributed by atoms with van der Waals surface area (Å²) in [6.45, 7) is 1.38. The summed E-state index contributed by atoms with van der Waals surface area (Å²) in [7, 11) is 3.15. The summed E-state index contributed by atoms with van der Waals surface area (Å²) in [6.07, 6.45) is 7.46. The van der Waals surface area contributed by atoms with Crippen molar-refractivity contribution in [1.29, 1.82) is 0 Å². The molecule has 1 atom stereocenters. The standard InChI is InChI=1S/C28H28N4O6/c1-17(28(35)36)29-26(33)18-9-12-20(13-10-18)30-27(34)22-16-21-7-5-4-6-8-23(32(21)31-22)19-11-14-24(37-2)25(15-19)38-3/h4,6,8-17H,5,7H2,1-3H3,(H,29,33)(H,30,34)(H,35,36)/b6-4-,23-8-/t17-/m0/s1. The number of rotatable bonds is 8. The van der Waals surface area contributed by atoms with Crippen molar-refractivity contribution >= 4 is 29.2 Å². The molecule has 4 rings (SSSR count). The molecule has 1 aromatic heterocycles. The van der Waals surface area contributed by atoms with Gasteiger partial charge >= 0.3 is 5.97 Å². The first-order chi connectivity index (χ1) is 18.3. The summed E-state index contributed by atoms with van der Waals surface area (Å²) in [6, 6.07) is 12.5. The molecule has 0 saturated heterocycles. The molecule has 10 heteroatoms. The molecule has 2 amide bonds. The van der Waals surface area contributed by atoms with Crippen LogP contribution >= 0.6 is 0 Å². The van der Waals surface area contributed by atoms with Crippen molar-refractivity contribution in [1.82, 2.24) is 15.1 Å². The predicted molar refractivity (Wildman–Crippen MR) is 142 cm³/mol. The zero-order valence-corrected chi connectivity index (χ0v) is 21.2. The third-order valence-electron chi connectivity index (χ3n) is 6.00. The van der Waals surface area contributed by atoms with Crippen molar-refractivity contribution in [3.8, 4) is 11.5 Å².